The first-order valence-corrected chi connectivity index (χ1v) is 5.04. The zero-order valence-corrected chi connectivity index (χ0v) is 9.91. The average molecular weight is 323 g/mol. The van der Waals surface area contributed by atoms with Crippen LogP contribution in [-0.4, -0.2) is 22.3 Å². The molecule has 0 aromatic heterocycles. The Morgan fingerprint density at radius 1 is 1.36 bits per heavy atom. The molecule has 0 fully saturated rings. The number of hydrogen-bond acceptors (Lipinski definition) is 4. The fourth-order valence-corrected chi connectivity index (χ4v) is 2.02. The highest BCUT2D eigenvalue weighted by Gasteiger charge is 2.10. The molecule has 0 aliphatic heterocycles. The molecule has 0 atom stereocenters. The highest BCUT2D eigenvalue weighted by atomic mass is 79.9. The van der Waals surface area contributed by atoms with Crippen LogP contribution in [0, 0.1) is 0 Å². The molecule has 0 saturated heterocycles. The normalized spacial score (nSPS) is 10.7. The van der Waals surface area contributed by atoms with Gasteiger partial charge in [-0.2, -0.15) is 0 Å². The highest BCUT2D eigenvalue weighted by Crippen LogP contribution is 2.33. The molecule has 1 aromatic carbocycles. The summed E-state index contributed by atoms with van der Waals surface area (Å²) in [5.74, 6) is -0.434. The van der Waals surface area contributed by atoms with Crippen molar-refractivity contribution in [3.05, 3.63) is 26.6 Å². The lowest BCUT2D eigenvalue weighted by atomic mass is 10.1. The van der Waals surface area contributed by atoms with E-state index in [0.717, 1.165) is 6.21 Å². The molecule has 1 aromatic rings. The van der Waals surface area contributed by atoms with E-state index in [-0.39, 0.29) is 5.75 Å². The Morgan fingerprint density at radius 3 is 2.29 bits per heavy atom. The van der Waals surface area contributed by atoms with Crippen molar-refractivity contribution in [1.82, 2.24) is 0 Å². The fourth-order valence-electron chi connectivity index (χ4n) is 0.835. The van der Waals surface area contributed by atoms with E-state index in [9.17, 15) is 9.90 Å². The Labute approximate surface area is 96.5 Å². The van der Waals surface area contributed by atoms with Gasteiger partial charge >= 0.3 is 0 Å². The van der Waals surface area contributed by atoms with Crippen LogP contribution in [-0.2, 0) is 0 Å². The Balaban J connectivity index is 3.19. The van der Waals surface area contributed by atoms with Gasteiger partial charge < -0.3 is 10.3 Å². The summed E-state index contributed by atoms with van der Waals surface area (Å²) in [6.45, 7) is 0. The topological polar surface area (TPSA) is 69.9 Å². The number of Topliss-reactive ketones (excluding diaryl/α,β-unsaturated/α-hetero) is 1. The van der Waals surface area contributed by atoms with Crippen LogP contribution >= 0.6 is 31.9 Å². The molecule has 4 nitrogen and oxygen atoms in total. The average Bonchev–Trinajstić information content (AvgIpc) is 2.13. The van der Waals surface area contributed by atoms with Gasteiger partial charge in [-0.25, -0.2) is 0 Å². The second-order valence-corrected chi connectivity index (χ2v) is 4.11. The molecule has 74 valence electrons. The zero-order valence-electron chi connectivity index (χ0n) is 6.74. The maximum Gasteiger partial charge on any atom is 0.207 e. The first kappa shape index (κ1) is 11.2. The number of hydrogen-bond donors (Lipinski definition) is 2. The van der Waals surface area contributed by atoms with Gasteiger partial charge in [-0.1, -0.05) is 5.16 Å². The van der Waals surface area contributed by atoms with Gasteiger partial charge in [0.15, 0.2) is 0 Å². The number of carbonyl (C=O) groups is 1. The third kappa shape index (κ3) is 2.33. The lowest BCUT2D eigenvalue weighted by Gasteiger charge is -2.02. The molecule has 0 aliphatic carbocycles. The molecule has 1 rings (SSSR count). The summed E-state index contributed by atoms with van der Waals surface area (Å²) in [5, 5.41) is 20.1. The van der Waals surface area contributed by atoms with Gasteiger partial charge in [-0.15, -0.1) is 0 Å². The summed E-state index contributed by atoms with van der Waals surface area (Å²) < 4.78 is 0.781. The Kier molecular flexibility index (Phi) is 3.65. The van der Waals surface area contributed by atoms with Crippen molar-refractivity contribution in [2.24, 2.45) is 5.16 Å². The van der Waals surface area contributed by atoms with Crippen molar-refractivity contribution in [1.29, 1.82) is 0 Å². The number of phenolic OH excluding ortho intramolecular Hbond substituents is 1. The van der Waals surface area contributed by atoms with Crippen LogP contribution in [0.1, 0.15) is 10.4 Å². The lowest BCUT2D eigenvalue weighted by Crippen LogP contribution is -2.00. The first-order valence-electron chi connectivity index (χ1n) is 3.46. The van der Waals surface area contributed by atoms with E-state index < -0.39 is 5.78 Å². The van der Waals surface area contributed by atoms with Crippen LogP contribution in [0.3, 0.4) is 0 Å². The van der Waals surface area contributed by atoms with Crippen molar-refractivity contribution < 1.29 is 15.1 Å². The summed E-state index contributed by atoms with van der Waals surface area (Å²) in [6.07, 6.45) is 0.783. The summed E-state index contributed by atoms with van der Waals surface area (Å²) in [5.41, 5.74) is 0.305. The van der Waals surface area contributed by atoms with E-state index in [2.05, 4.69) is 37.0 Å². The van der Waals surface area contributed by atoms with Gasteiger partial charge in [0.05, 0.1) is 8.95 Å². The van der Waals surface area contributed by atoms with Gasteiger partial charge in [0.25, 0.3) is 0 Å². The second-order valence-electron chi connectivity index (χ2n) is 2.40. The van der Waals surface area contributed by atoms with Crippen LogP contribution in [0.4, 0.5) is 0 Å². The van der Waals surface area contributed by atoms with Crippen molar-refractivity contribution >= 4 is 43.9 Å². The predicted molar refractivity (Wildman–Crippen MR) is 58.1 cm³/mol. The van der Waals surface area contributed by atoms with E-state index in [4.69, 9.17) is 5.21 Å². The monoisotopic (exact) mass is 321 g/mol. The molecule has 0 saturated carbocycles. The Hall–Kier alpha value is -0.880. The van der Waals surface area contributed by atoms with Crippen LogP contribution < -0.4 is 0 Å². The van der Waals surface area contributed by atoms with E-state index in [1.807, 2.05) is 0 Å². The summed E-state index contributed by atoms with van der Waals surface area (Å²) in [6, 6.07) is 2.87. The Bertz CT molecular complexity index is 381. The number of carbonyl (C=O) groups excluding carboxylic acids is 1. The zero-order chi connectivity index (χ0) is 10.7. The molecule has 0 radical (unpaired) electrons. The number of oxime groups is 1. The van der Waals surface area contributed by atoms with E-state index in [1.165, 1.54) is 12.1 Å². The molecule has 0 unspecified atom stereocenters. The summed E-state index contributed by atoms with van der Waals surface area (Å²) in [4.78, 5) is 11.2. The van der Waals surface area contributed by atoms with Gasteiger partial charge in [0, 0.05) is 5.56 Å². The van der Waals surface area contributed by atoms with Crippen molar-refractivity contribution in [2.75, 3.05) is 0 Å². The minimum atomic E-state index is -0.450. The van der Waals surface area contributed by atoms with E-state index >= 15 is 0 Å². The maximum atomic E-state index is 11.2. The summed E-state index contributed by atoms with van der Waals surface area (Å²) in [7, 11) is 0. The smallest absolute Gasteiger partial charge is 0.207 e. The van der Waals surface area contributed by atoms with Gasteiger partial charge in [0.1, 0.15) is 12.0 Å². The number of ketones is 1. The molecule has 2 N–H and O–H groups in total. The molecule has 0 amide bonds. The van der Waals surface area contributed by atoms with Gasteiger partial charge in [-0.05, 0) is 44.0 Å². The third-order valence-corrected chi connectivity index (χ3v) is 2.69. The van der Waals surface area contributed by atoms with Crippen molar-refractivity contribution in [2.45, 2.75) is 0 Å². The Morgan fingerprint density at radius 2 is 1.86 bits per heavy atom. The SMILES string of the molecule is O=C(C=NO)c1cc(Br)c(O)c(Br)c1. The molecule has 6 heteroatoms. The maximum absolute atomic E-state index is 11.2. The van der Waals surface area contributed by atoms with Crippen molar-refractivity contribution in [3.63, 3.8) is 0 Å². The number of nitrogens with zero attached hydrogens (tertiary/aromatic N) is 1. The van der Waals surface area contributed by atoms with Crippen LogP contribution in [0.2, 0.25) is 0 Å². The van der Waals surface area contributed by atoms with Gasteiger partial charge in [-0.3, -0.25) is 4.79 Å². The predicted octanol–water partition coefficient (Wildman–Crippen LogP) is 2.56. The summed E-state index contributed by atoms with van der Waals surface area (Å²) >= 11 is 6.15. The second kappa shape index (κ2) is 4.56. The van der Waals surface area contributed by atoms with Crippen molar-refractivity contribution in [3.8, 4) is 5.75 Å². The highest BCUT2D eigenvalue weighted by molar-refractivity contribution is 9.11. The molecule has 0 spiro atoms. The number of aromatic hydroxyl groups is 1. The molecule has 0 heterocycles. The number of benzene rings is 1. The molecule has 0 bridgehead atoms. The molecular formula is C8H5Br2NO3. The van der Waals surface area contributed by atoms with Crippen LogP contribution in [0.5, 0.6) is 5.75 Å². The largest absolute Gasteiger partial charge is 0.506 e. The molecular weight excluding hydrogens is 318 g/mol. The minimum absolute atomic E-state index is 0.0162. The van der Waals surface area contributed by atoms with Crippen LogP contribution in [0.25, 0.3) is 0 Å². The van der Waals surface area contributed by atoms with E-state index in [1.54, 1.807) is 0 Å². The quantitative estimate of drug-likeness (QED) is 0.380. The van der Waals surface area contributed by atoms with E-state index in [0.29, 0.717) is 14.5 Å². The minimum Gasteiger partial charge on any atom is -0.506 e. The standard InChI is InChI=1S/C8H5Br2NO3/c9-5-1-4(7(12)3-11-14)2-6(10)8(5)13/h1-3,13-14H. The number of phenols is 1. The molecule has 0 aliphatic rings. The molecule has 14 heavy (non-hydrogen) atoms. The van der Waals surface area contributed by atoms with Gasteiger partial charge in [0.2, 0.25) is 5.78 Å². The van der Waals surface area contributed by atoms with Crippen LogP contribution in [0.15, 0.2) is 26.2 Å². The first-order chi connectivity index (χ1) is 6.56. The fraction of sp³-hybridized carbons (Fsp3) is 0. The third-order valence-electron chi connectivity index (χ3n) is 1.48. The number of rotatable bonds is 2. The number of halogens is 2. The lowest BCUT2D eigenvalue weighted by molar-refractivity contribution is 0.106.